The minimum atomic E-state index is -4.04. The molecule has 4 rings (SSSR count). The summed E-state index contributed by atoms with van der Waals surface area (Å²) in [5.74, 6) is 0.174. The Bertz CT molecular complexity index is 1410. The van der Waals surface area contributed by atoms with E-state index in [0.717, 1.165) is 5.56 Å². The van der Waals surface area contributed by atoms with Crippen LogP contribution in [-0.2, 0) is 9.84 Å². The van der Waals surface area contributed by atoms with Crippen LogP contribution >= 0.6 is 11.6 Å². The summed E-state index contributed by atoms with van der Waals surface area (Å²) in [6, 6.07) is 17.9. The summed E-state index contributed by atoms with van der Waals surface area (Å²) in [5.41, 5.74) is 1.68. The van der Waals surface area contributed by atoms with Crippen molar-refractivity contribution in [2.75, 3.05) is 6.61 Å². The summed E-state index contributed by atoms with van der Waals surface area (Å²) in [6.07, 6.45) is 1.32. The van der Waals surface area contributed by atoms with Crippen LogP contribution in [0.25, 0.3) is 10.9 Å². The molecule has 0 amide bonds. The number of pyridine rings is 1. The number of carbonyl (C=O) groups excluding carboxylic acids is 1. The third kappa shape index (κ3) is 4.11. The van der Waals surface area contributed by atoms with Gasteiger partial charge < -0.3 is 4.74 Å². The van der Waals surface area contributed by atoms with E-state index in [0.29, 0.717) is 33.8 Å². The van der Waals surface area contributed by atoms with Crippen LogP contribution in [0, 0.1) is 6.92 Å². The summed E-state index contributed by atoms with van der Waals surface area (Å²) in [4.78, 5) is 17.7. The maximum absolute atomic E-state index is 13.7. The molecule has 0 aliphatic carbocycles. The van der Waals surface area contributed by atoms with Crippen molar-refractivity contribution in [3.8, 4) is 5.75 Å². The third-order valence-corrected chi connectivity index (χ3v) is 7.16. The van der Waals surface area contributed by atoms with Gasteiger partial charge in [0, 0.05) is 22.2 Å². The summed E-state index contributed by atoms with van der Waals surface area (Å²) in [5, 5.41) is 0.653. The van der Waals surface area contributed by atoms with Gasteiger partial charge in [-0.1, -0.05) is 29.3 Å². The van der Waals surface area contributed by atoms with Crippen LogP contribution < -0.4 is 4.74 Å². The van der Waals surface area contributed by atoms with Crippen LogP contribution in [0.3, 0.4) is 0 Å². The van der Waals surface area contributed by atoms with Crippen molar-refractivity contribution in [3.63, 3.8) is 0 Å². The van der Waals surface area contributed by atoms with Crippen molar-refractivity contribution < 1.29 is 17.9 Å². The second-order valence-electron chi connectivity index (χ2n) is 7.27. The number of carbonyl (C=O) groups is 1. The van der Waals surface area contributed by atoms with Gasteiger partial charge in [0.2, 0.25) is 9.84 Å². The SMILES string of the molecule is CCOc1ccc(C(=O)c2cnc3ccc(Cl)cc3c2S(=O)(=O)c2ccc(C)cc2)cc1. The first-order chi connectivity index (χ1) is 15.3. The highest BCUT2D eigenvalue weighted by Crippen LogP contribution is 2.33. The number of sulfone groups is 1. The molecule has 5 nitrogen and oxygen atoms in total. The molecule has 0 fully saturated rings. The standard InChI is InChI=1S/C25H20ClNO4S/c1-3-31-19-9-6-17(7-10-19)24(28)22-15-27-23-13-8-18(26)14-21(23)25(22)32(29,30)20-11-4-16(2)5-12-20/h4-15H,3H2,1-2H3. The van der Waals surface area contributed by atoms with Gasteiger partial charge in [-0.05, 0) is 68.4 Å². The Morgan fingerprint density at radius 1 is 1.00 bits per heavy atom. The Hall–Kier alpha value is -3.22. The van der Waals surface area contributed by atoms with E-state index in [1.165, 1.54) is 24.4 Å². The lowest BCUT2D eigenvalue weighted by Crippen LogP contribution is -2.13. The van der Waals surface area contributed by atoms with Crippen LogP contribution in [0.5, 0.6) is 5.75 Å². The topological polar surface area (TPSA) is 73.3 Å². The van der Waals surface area contributed by atoms with Crippen molar-refractivity contribution in [1.29, 1.82) is 0 Å². The largest absolute Gasteiger partial charge is 0.494 e. The van der Waals surface area contributed by atoms with Crippen LogP contribution in [0.15, 0.2) is 82.7 Å². The number of nitrogens with zero attached hydrogens (tertiary/aromatic N) is 1. The molecule has 32 heavy (non-hydrogen) atoms. The lowest BCUT2D eigenvalue weighted by molar-refractivity contribution is 0.103. The lowest BCUT2D eigenvalue weighted by atomic mass is 10.0. The molecule has 7 heteroatoms. The van der Waals surface area contributed by atoms with E-state index in [9.17, 15) is 13.2 Å². The highest BCUT2D eigenvalue weighted by Gasteiger charge is 2.28. The molecule has 0 atom stereocenters. The molecule has 0 spiro atoms. The summed E-state index contributed by atoms with van der Waals surface area (Å²) in [7, 11) is -4.04. The van der Waals surface area contributed by atoms with Crippen LogP contribution in [0.4, 0.5) is 0 Å². The van der Waals surface area contributed by atoms with Gasteiger partial charge in [-0.2, -0.15) is 0 Å². The first kappa shape index (κ1) is 22.0. The van der Waals surface area contributed by atoms with E-state index < -0.39 is 15.6 Å². The zero-order valence-electron chi connectivity index (χ0n) is 17.5. The zero-order chi connectivity index (χ0) is 22.9. The molecule has 0 saturated carbocycles. The Morgan fingerprint density at radius 2 is 1.69 bits per heavy atom. The molecule has 162 valence electrons. The third-order valence-electron chi connectivity index (χ3n) is 5.05. The monoisotopic (exact) mass is 465 g/mol. The normalized spacial score (nSPS) is 11.5. The van der Waals surface area contributed by atoms with E-state index in [1.54, 1.807) is 48.5 Å². The number of rotatable bonds is 6. The Labute approximate surface area is 191 Å². The molecular weight excluding hydrogens is 446 g/mol. The first-order valence-electron chi connectivity index (χ1n) is 9.99. The molecule has 0 aliphatic rings. The van der Waals surface area contributed by atoms with Crippen LogP contribution in [0.2, 0.25) is 5.02 Å². The maximum Gasteiger partial charge on any atom is 0.208 e. The van der Waals surface area contributed by atoms with Gasteiger partial charge in [-0.15, -0.1) is 0 Å². The molecule has 3 aromatic carbocycles. The quantitative estimate of drug-likeness (QED) is 0.343. The van der Waals surface area contributed by atoms with E-state index in [4.69, 9.17) is 16.3 Å². The van der Waals surface area contributed by atoms with E-state index in [2.05, 4.69) is 4.98 Å². The second-order valence-corrected chi connectivity index (χ2v) is 9.59. The fourth-order valence-electron chi connectivity index (χ4n) is 3.45. The molecular formula is C25H20ClNO4S. The number of aryl methyl sites for hydroxylation is 1. The Kier molecular flexibility index (Phi) is 6.00. The van der Waals surface area contributed by atoms with Gasteiger partial charge >= 0.3 is 0 Å². The number of hydrogen-bond donors (Lipinski definition) is 0. The van der Waals surface area contributed by atoms with Gasteiger partial charge in [-0.25, -0.2) is 8.42 Å². The molecule has 1 heterocycles. The molecule has 1 aromatic heterocycles. The van der Waals surface area contributed by atoms with Gasteiger partial charge in [-0.3, -0.25) is 9.78 Å². The molecule has 0 N–H and O–H groups in total. The smallest absolute Gasteiger partial charge is 0.208 e. The fourth-order valence-corrected chi connectivity index (χ4v) is 5.24. The number of aromatic nitrogens is 1. The minimum Gasteiger partial charge on any atom is -0.494 e. The molecule has 0 unspecified atom stereocenters. The van der Waals surface area contributed by atoms with Crippen LogP contribution in [-0.4, -0.2) is 25.8 Å². The maximum atomic E-state index is 13.7. The van der Waals surface area contributed by atoms with Gasteiger partial charge in [0.1, 0.15) is 5.75 Å². The number of halogens is 1. The van der Waals surface area contributed by atoms with Crippen molar-refractivity contribution in [3.05, 3.63) is 94.6 Å². The van der Waals surface area contributed by atoms with Crippen molar-refractivity contribution in [2.45, 2.75) is 23.6 Å². The molecule has 0 saturated heterocycles. The second kappa shape index (κ2) is 8.73. The number of ketones is 1. The highest BCUT2D eigenvalue weighted by molar-refractivity contribution is 7.91. The van der Waals surface area contributed by atoms with E-state index >= 15 is 0 Å². The van der Waals surface area contributed by atoms with Crippen molar-refractivity contribution in [2.24, 2.45) is 0 Å². The molecule has 0 radical (unpaired) electrons. The lowest BCUT2D eigenvalue weighted by Gasteiger charge is -2.14. The van der Waals surface area contributed by atoms with E-state index in [-0.39, 0.29) is 15.4 Å². The number of benzene rings is 3. The minimum absolute atomic E-state index is 0.00972. The van der Waals surface area contributed by atoms with Crippen molar-refractivity contribution in [1.82, 2.24) is 4.98 Å². The summed E-state index contributed by atoms with van der Waals surface area (Å²) in [6.45, 7) is 4.24. The molecule has 0 aliphatic heterocycles. The first-order valence-corrected chi connectivity index (χ1v) is 11.8. The predicted octanol–water partition coefficient (Wildman–Crippen LogP) is 5.66. The number of fused-ring (bicyclic) bond motifs is 1. The number of hydrogen-bond acceptors (Lipinski definition) is 5. The molecule has 0 bridgehead atoms. The van der Waals surface area contributed by atoms with E-state index in [1.807, 2.05) is 13.8 Å². The van der Waals surface area contributed by atoms with Gasteiger partial charge in [0.15, 0.2) is 5.78 Å². The average Bonchev–Trinajstić information content (AvgIpc) is 2.78. The van der Waals surface area contributed by atoms with Crippen molar-refractivity contribution >= 4 is 38.1 Å². The summed E-state index contributed by atoms with van der Waals surface area (Å²) < 4.78 is 32.9. The van der Waals surface area contributed by atoms with Gasteiger partial charge in [0.25, 0.3) is 0 Å². The Balaban J connectivity index is 1.95. The average molecular weight is 466 g/mol. The molecule has 4 aromatic rings. The fraction of sp³-hybridized carbons (Fsp3) is 0.120. The number of ether oxygens (including phenoxy) is 1. The predicted molar refractivity (Wildman–Crippen MR) is 124 cm³/mol. The van der Waals surface area contributed by atoms with Crippen LogP contribution in [0.1, 0.15) is 28.4 Å². The Morgan fingerprint density at radius 3 is 2.34 bits per heavy atom. The highest BCUT2D eigenvalue weighted by atomic mass is 35.5. The zero-order valence-corrected chi connectivity index (χ0v) is 19.1. The summed E-state index contributed by atoms with van der Waals surface area (Å²) >= 11 is 6.18. The van der Waals surface area contributed by atoms with Gasteiger partial charge in [0.05, 0.1) is 27.5 Å².